The van der Waals surface area contributed by atoms with Crippen LogP contribution in [0.15, 0.2) is 48.5 Å². The fraction of sp³-hybridized carbons (Fsp3) is 0.375. The fourth-order valence-corrected chi connectivity index (χ4v) is 4.37. The van der Waals surface area contributed by atoms with Gasteiger partial charge in [0.25, 0.3) is 0 Å². The molecule has 2 atom stereocenters. The van der Waals surface area contributed by atoms with E-state index in [1.54, 1.807) is 6.92 Å². The molecule has 0 saturated carbocycles. The molecule has 3 rings (SSSR count). The molecule has 7 nitrogen and oxygen atoms in total. The molecule has 0 bridgehead atoms. The third-order valence-corrected chi connectivity index (χ3v) is 6.23. The maximum Gasteiger partial charge on any atom is 0.407 e. The van der Waals surface area contributed by atoms with Gasteiger partial charge in [-0.25, -0.2) is 9.59 Å². The lowest BCUT2D eigenvalue weighted by atomic mass is 9.98. The molecule has 0 heterocycles. The molecule has 0 aliphatic heterocycles. The minimum Gasteiger partial charge on any atom is -0.480 e. The molecule has 1 aliphatic carbocycles. The van der Waals surface area contributed by atoms with E-state index in [0.717, 1.165) is 22.3 Å². The molecule has 0 spiro atoms. The van der Waals surface area contributed by atoms with E-state index >= 15 is 0 Å². The minimum atomic E-state index is -1.09. The first-order chi connectivity index (χ1) is 15.5. The molecule has 0 fully saturated rings. The van der Waals surface area contributed by atoms with Gasteiger partial charge in [-0.1, -0.05) is 55.5 Å². The van der Waals surface area contributed by atoms with Gasteiger partial charge in [0.1, 0.15) is 18.7 Å². The lowest BCUT2D eigenvalue weighted by Crippen LogP contribution is -2.51. The van der Waals surface area contributed by atoms with Gasteiger partial charge in [-0.05, 0) is 47.1 Å². The van der Waals surface area contributed by atoms with Crippen LogP contribution in [0.1, 0.15) is 36.8 Å². The van der Waals surface area contributed by atoms with Gasteiger partial charge in [-0.15, -0.1) is 0 Å². The van der Waals surface area contributed by atoms with Crippen LogP contribution in [0.2, 0.25) is 0 Å². The highest BCUT2D eigenvalue weighted by atomic mass is 32.2. The number of alkyl carbamates (subject to hydrolysis) is 1. The third-order valence-electron chi connectivity index (χ3n) is 5.59. The summed E-state index contributed by atoms with van der Waals surface area (Å²) < 4.78 is 5.49. The summed E-state index contributed by atoms with van der Waals surface area (Å²) in [6.45, 7) is 1.88. The standard InChI is InChI=1S/C24H28N2O5S/c1-3-20(22(27)25-21(23(28)29)12-13-32-2)26-24(30)31-14-19-17-10-6-4-8-15(17)16-9-5-7-11-18(16)19/h4-11,19-21H,3,12-14H2,1-2H3,(H,25,27)(H,26,30)(H,28,29). The van der Waals surface area contributed by atoms with E-state index in [4.69, 9.17) is 4.74 Å². The SMILES string of the molecule is CCC(NC(=O)OCC1c2ccccc2-c2ccccc21)C(=O)NC(CCSC)C(=O)O. The summed E-state index contributed by atoms with van der Waals surface area (Å²) in [5.74, 6) is -1.10. The summed E-state index contributed by atoms with van der Waals surface area (Å²) in [5.41, 5.74) is 4.47. The van der Waals surface area contributed by atoms with Crippen molar-refractivity contribution in [1.82, 2.24) is 10.6 Å². The molecule has 8 heteroatoms. The van der Waals surface area contributed by atoms with Gasteiger partial charge >= 0.3 is 12.1 Å². The van der Waals surface area contributed by atoms with Gasteiger partial charge in [-0.3, -0.25) is 4.79 Å². The Morgan fingerprint density at radius 3 is 2.12 bits per heavy atom. The van der Waals surface area contributed by atoms with Crippen molar-refractivity contribution in [1.29, 1.82) is 0 Å². The monoisotopic (exact) mass is 456 g/mol. The zero-order chi connectivity index (χ0) is 23.1. The second kappa shape index (κ2) is 11.0. The Hall–Kier alpha value is -3.00. The number of ether oxygens (including phenoxy) is 1. The van der Waals surface area contributed by atoms with Crippen molar-refractivity contribution < 1.29 is 24.2 Å². The molecular weight excluding hydrogens is 428 g/mol. The molecule has 2 aromatic carbocycles. The number of nitrogens with one attached hydrogen (secondary N) is 2. The molecule has 1 aliphatic rings. The summed E-state index contributed by atoms with van der Waals surface area (Å²) in [6.07, 6.45) is 1.79. The summed E-state index contributed by atoms with van der Waals surface area (Å²) >= 11 is 1.50. The number of aliphatic carboxylic acids is 1. The molecule has 0 saturated heterocycles. The van der Waals surface area contributed by atoms with Crippen LogP contribution >= 0.6 is 11.8 Å². The Bertz CT molecular complexity index is 935. The molecular formula is C24H28N2O5S. The number of carboxylic acid groups (broad SMARTS) is 1. The Kier molecular flexibility index (Phi) is 8.16. The second-order valence-electron chi connectivity index (χ2n) is 7.61. The predicted molar refractivity (Wildman–Crippen MR) is 125 cm³/mol. The smallest absolute Gasteiger partial charge is 0.407 e. The van der Waals surface area contributed by atoms with Crippen molar-refractivity contribution in [2.24, 2.45) is 0 Å². The lowest BCUT2D eigenvalue weighted by Gasteiger charge is -2.21. The van der Waals surface area contributed by atoms with Crippen LogP contribution in [0.3, 0.4) is 0 Å². The summed E-state index contributed by atoms with van der Waals surface area (Å²) in [4.78, 5) is 36.4. The van der Waals surface area contributed by atoms with Crippen LogP contribution in [-0.4, -0.2) is 53.8 Å². The Balaban J connectivity index is 1.60. The number of rotatable bonds is 10. The van der Waals surface area contributed by atoms with E-state index < -0.39 is 30.1 Å². The zero-order valence-electron chi connectivity index (χ0n) is 18.2. The van der Waals surface area contributed by atoms with E-state index in [2.05, 4.69) is 22.8 Å². The third kappa shape index (κ3) is 5.43. The summed E-state index contributed by atoms with van der Waals surface area (Å²) in [5, 5.41) is 14.4. The molecule has 0 radical (unpaired) electrons. The Labute approximate surface area is 191 Å². The molecule has 170 valence electrons. The zero-order valence-corrected chi connectivity index (χ0v) is 19.0. The quantitative estimate of drug-likeness (QED) is 0.504. The average molecular weight is 457 g/mol. The van der Waals surface area contributed by atoms with Crippen LogP contribution in [0, 0.1) is 0 Å². The highest BCUT2D eigenvalue weighted by Gasteiger charge is 2.30. The van der Waals surface area contributed by atoms with Crippen molar-refractivity contribution in [2.75, 3.05) is 18.6 Å². The van der Waals surface area contributed by atoms with Gasteiger partial charge in [0.15, 0.2) is 0 Å². The van der Waals surface area contributed by atoms with Crippen molar-refractivity contribution in [3.05, 3.63) is 59.7 Å². The molecule has 32 heavy (non-hydrogen) atoms. The number of hydrogen-bond donors (Lipinski definition) is 3. The first-order valence-electron chi connectivity index (χ1n) is 10.6. The van der Waals surface area contributed by atoms with Crippen molar-refractivity contribution in [2.45, 2.75) is 37.8 Å². The minimum absolute atomic E-state index is 0.0787. The van der Waals surface area contributed by atoms with Gasteiger partial charge in [0.05, 0.1) is 0 Å². The molecule has 2 amide bonds. The highest BCUT2D eigenvalue weighted by molar-refractivity contribution is 7.98. The fourth-order valence-electron chi connectivity index (χ4n) is 3.90. The van der Waals surface area contributed by atoms with Crippen LogP contribution in [0.25, 0.3) is 11.1 Å². The first-order valence-corrected chi connectivity index (χ1v) is 12.0. The Morgan fingerprint density at radius 1 is 1.00 bits per heavy atom. The highest BCUT2D eigenvalue weighted by Crippen LogP contribution is 2.44. The number of carbonyl (C=O) groups excluding carboxylic acids is 2. The average Bonchev–Trinajstić information content (AvgIpc) is 3.12. The number of carboxylic acids is 1. The Morgan fingerprint density at radius 2 is 1.59 bits per heavy atom. The number of fused-ring (bicyclic) bond motifs is 3. The van der Waals surface area contributed by atoms with Gasteiger partial charge in [0.2, 0.25) is 5.91 Å². The van der Waals surface area contributed by atoms with Crippen molar-refractivity contribution in [3.63, 3.8) is 0 Å². The maximum atomic E-state index is 12.5. The van der Waals surface area contributed by atoms with E-state index in [0.29, 0.717) is 18.6 Å². The number of benzene rings is 2. The van der Waals surface area contributed by atoms with Gasteiger partial charge in [0, 0.05) is 5.92 Å². The van der Waals surface area contributed by atoms with Gasteiger partial charge in [-0.2, -0.15) is 11.8 Å². The number of hydrogen-bond acceptors (Lipinski definition) is 5. The molecule has 2 aromatic rings. The second-order valence-corrected chi connectivity index (χ2v) is 8.60. The molecule has 0 aromatic heterocycles. The van der Waals surface area contributed by atoms with Crippen molar-refractivity contribution in [3.8, 4) is 11.1 Å². The summed E-state index contributed by atoms with van der Waals surface area (Å²) in [6, 6.07) is 14.2. The predicted octanol–water partition coefficient (Wildman–Crippen LogP) is 3.63. The number of carbonyl (C=O) groups is 3. The van der Waals surface area contributed by atoms with E-state index in [-0.39, 0.29) is 12.5 Å². The summed E-state index contributed by atoms with van der Waals surface area (Å²) in [7, 11) is 0. The van der Waals surface area contributed by atoms with E-state index in [9.17, 15) is 19.5 Å². The lowest BCUT2D eigenvalue weighted by molar-refractivity contribution is -0.142. The molecule has 3 N–H and O–H groups in total. The maximum absolute atomic E-state index is 12.5. The largest absolute Gasteiger partial charge is 0.480 e. The van der Waals surface area contributed by atoms with Crippen LogP contribution < -0.4 is 10.6 Å². The van der Waals surface area contributed by atoms with E-state index in [1.807, 2.05) is 42.7 Å². The topological polar surface area (TPSA) is 105 Å². The van der Waals surface area contributed by atoms with Crippen LogP contribution in [0.4, 0.5) is 4.79 Å². The van der Waals surface area contributed by atoms with Gasteiger partial charge < -0.3 is 20.5 Å². The number of amides is 2. The van der Waals surface area contributed by atoms with Crippen LogP contribution in [0.5, 0.6) is 0 Å². The number of thioether (sulfide) groups is 1. The van der Waals surface area contributed by atoms with Crippen LogP contribution in [-0.2, 0) is 14.3 Å². The normalized spacial score (nSPS) is 14.1. The first kappa shape index (κ1) is 23.7. The molecule has 2 unspecified atom stereocenters. The van der Waals surface area contributed by atoms with E-state index in [1.165, 1.54) is 11.8 Å². The van der Waals surface area contributed by atoms with Crippen molar-refractivity contribution >= 4 is 29.7 Å².